The van der Waals surface area contributed by atoms with Gasteiger partial charge < -0.3 is 5.32 Å². The predicted octanol–water partition coefficient (Wildman–Crippen LogP) is 3.17. The maximum Gasteiger partial charge on any atom is 0.256 e. The summed E-state index contributed by atoms with van der Waals surface area (Å²) in [6.07, 6.45) is 5.03. The van der Waals surface area contributed by atoms with Crippen molar-refractivity contribution in [1.29, 1.82) is 0 Å². The summed E-state index contributed by atoms with van der Waals surface area (Å²) in [6.45, 7) is 0. The minimum Gasteiger partial charge on any atom is -0.307 e. The molecule has 1 amide bonds. The number of nitrogens with one attached hydrogen (secondary N) is 1. The molecule has 0 radical (unpaired) electrons. The van der Waals surface area contributed by atoms with Crippen molar-refractivity contribution in [3.63, 3.8) is 0 Å². The third-order valence-corrected chi connectivity index (χ3v) is 3.09. The lowest BCUT2D eigenvalue weighted by Crippen LogP contribution is -2.12. The molecule has 5 nitrogen and oxygen atoms in total. The lowest BCUT2D eigenvalue weighted by Gasteiger charge is -2.06. The van der Waals surface area contributed by atoms with Crippen molar-refractivity contribution in [3.8, 4) is 5.69 Å². The van der Waals surface area contributed by atoms with Gasteiger partial charge in [-0.25, -0.2) is 9.67 Å². The molecule has 0 spiro atoms. The van der Waals surface area contributed by atoms with E-state index in [1.807, 2.05) is 24.4 Å². The van der Waals surface area contributed by atoms with Gasteiger partial charge in [-0.15, -0.1) is 0 Å². The summed E-state index contributed by atoms with van der Waals surface area (Å²) in [5.74, 6) is 0.234. The van der Waals surface area contributed by atoms with Gasteiger partial charge >= 0.3 is 0 Å². The Bertz CT molecular complexity index is 736. The van der Waals surface area contributed by atoms with Gasteiger partial charge in [0.2, 0.25) is 0 Å². The smallest absolute Gasteiger partial charge is 0.256 e. The molecule has 2 aromatic heterocycles. The molecule has 2 heterocycles. The second kappa shape index (κ2) is 5.76. The molecule has 0 saturated carbocycles. The minimum atomic E-state index is -0.225. The zero-order valence-corrected chi connectivity index (χ0v) is 11.7. The molecule has 6 heteroatoms. The molecule has 1 aromatic carbocycles. The molecule has 0 fully saturated rings. The molecule has 1 N–H and O–H groups in total. The fourth-order valence-corrected chi connectivity index (χ4v) is 1.94. The monoisotopic (exact) mass is 298 g/mol. The molecular weight excluding hydrogens is 288 g/mol. The molecule has 0 bridgehead atoms. The van der Waals surface area contributed by atoms with Crippen molar-refractivity contribution in [2.75, 3.05) is 5.32 Å². The van der Waals surface area contributed by atoms with E-state index >= 15 is 0 Å². The number of carbonyl (C=O) groups is 1. The Morgan fingerprint density at radius 1 is 1.14 bits per heavy atom. The van der Waals surface area contributed by atoms with Crippen LogP contribution in [0.25, 0.3) is 5.69 Å². The highest BCUT2D eigenvalue weighted by Crippen LogP contribution is 2.12. The summed E-state index contributed by atoms with van der Waals surface area (Å²) >= 11 is 5.75. The van der Waals surface area contributed by atoms with E-state index in [-0.39, 0.29) is 5.91 Å². The van der Waals surface area contributed by atoms with Crippen LogP contribution in [0.4, 0.5) is 5.82 Å². The first kappa shape index (κ1) is 13.3. The first-order valence-corrected chi connectivity index (χ1v) is 6.63. The quantitative estimate of drug-likeness (QED) is 0.808. The van der Waals surface area contributed by atoms with Crippen LogP contribution in [0.1, 0.15) is 10.4 Å². The number of hydrogen-bond donors (Lipinski definition) is 1. The second-order valence-corrected chi connectivity index (χ2v) is 4.75. The maximum atomic E-state index is 12.1. The van der Waals surface area contributed by atoms with Crippen molar-refractivity contribution < 1.29 is 4.79 Å². The molecule has 0 atom stereocenters. The molecular formula is C15H11ClN4O. The summed E-state index contributed by atoms with van der Waals surface area (Å²) in [5.41, 5.74) is 1.43. The van der Waals surface area contributed by atoms with Gasteiger partial charge in [-0.2, -0.15) is 5.10 Å². The average molecular weight is 299 g/mol. The van der Waals surface area contributed by atoms with E-state index in [4.69, 9.17) is 11.6 Å². The third-order valence-electron chi connectivity index (χ3n) is 2.87. The lowest BCUT2D eigenvalue weighted by atomic mass is 10.2. The van der Waals surface area contributed by atoms with E-state index in [9.17, 15) is 4.79 Å². The van der Waals surface area contributed by atoms with Crippen molar-refractivity contribution in [3.05, 3.63) is 71.6 Å². The van der Waals surface area contributed by atoms with Gasteiger partial charge in [-0.3, -0.25) is 4.79 Å². The summed E-state index contributed by atoms with van der Waals surface area (Å²) in [6, 6.07) is 12.3. The first-order chi connectivity index (χ1) is 10.2. The van der Waals surface area contributed by atoms with Gasteiger partial charge in [0, 0.05) is 24.2 Å². The van der Waals surface area contributed by atoms with Crippen LogP contribution in [0.2, 0.25) is 5.02 Å². The Morgan fingerprint density at radius 2 is 1.95 bits per heavy atom. The highest BCUT2D eigenvalue weighted by atomic mass is 35.5. The second-order valence-electron chi connectivity index (χ2n) is 4.31. The zero-order chi connectivity index (χ0) is 14.7. The van der Waals surface area contributed by atoms with E-state index in [1.165, 1.54) is 6.20 Å². The number of hydrogen-bond acceptors (Lipinski definition) is 3. The standard InChI is InChI=1S/C15H11ClN4O/c16-12-4-7-14(17-10-12)19-15(21)11-2-5-13(6-3-11)20-9-1-8-18-20/h1-10H,(H,17,19,21). The number of benzene rings is 1. The molecule has 104 valence electrons. The number of amides is 1. The van der Waals surface area contributed by atoms with Crippen LogP contribution in [0, 0.1) is 0 Å². The summed E-state index contributed by atoms with van der Waals surface area (Å²) in [5, 5.41) is 7.36. The van der Waals surface area contributed by atoms with Crippen LogP contribution < -0.4 is 5.32 Å². The molecule has 0 aliphatic carbocycles. The van der Waals surface area contributed by atoms with E-state index < -0.39 is 0 Å². The SMILES string of the molecule is O=C(Nc1ccc(Cl)cn1)c1ccc(-n2cccn2)cc1. The van der Waals surface area contributed by atoms with Crippen LogP contribution in [-0.2, 0) is 0 Å². The number of halogens is 1. The number of nitrogens with zero attached hydrogens (tertiary/aromatic N) is 3. The number of aromatic nitrogens is 3. The van der Waals surface area contributed by atoms with E-state index in [1.54, 1.807) is 35.1 Å². The van der Waals surface area contributed by atoms with Crippen LogP contribution in [0.5, 0.6) is 0 Å². The Balaban J connectivity index is 1.74. The van der Waals surface area contributed by atoms with Crippen LogP contribution in [0.15, 0.2) is 61.1 Å². The number of anilines is 1. The molecule has 0 aliphatic rings. The zero-order valence-electron chi connectivity index (χ0n) is 10.9. The summed E-state index contributed by atoms with van der Waals surface area (Å²) < 4.78 is 1.72. The normalized spacial score (nSPS) is 10.3. The fraction of sp³-hybridized carbons (Fsp3) is 0. The van der Waals surface area contributed by atoms with Gasteiger partial charge in [0.25, 0.3) is 5.91 Å². The first-order valence-electron chi connectivity index (χ1n) is 6.25. The van der Waals surface area contributed by atoms with Crippen molar-refractivity contribution in [2.45, 2.75) is 0 Å². The van der Waals surface area contributed by atoms with Gasteiger partial charge in [0.05, 0.1) is 10.7 Å². The van der Waals surface area contributed by atoms with Crippen molar-refractivity contribution in [2.24, 2.45) is 0 Å². The summed E-state index contributed by atoms with van der Waals surface area (Å²) in [7, 11) is 0. The molecule has 0 unspecified atom stereocenters. The molecule has 0 saturated heterocycles. The molecule has 3 aromatic rings. The van der Waals surface area contributed by atoms with E-state index in [0.29, 0.717) is 16.4 Å². The third kappa shape index (κ3) is 3.09. The fourth-order valence-electron chi connectivity index (χ4n) is 1.83. The number of carbonyl (C=O) groups excluding carboxylic acids is 1. The number of pyridine rings is 1. The van der Waals surface area contributed by atoms with Crippen LogP contribution in [-0.4, -0.2) is 20.7 Å². The van der Waals surface area contributed by atoms with Gasteiger partial charge in [-0.1, -0.05) is 11.6 Å². The topological polar surface area (TPSA) is 59.8 Å². The largest absolute Gasteiger partial charge is 0.307 e. The average Bonchev–Trinajstić information content (AvgIpc) is 3.04. The Morgan fingerprint density at radius 3 is 2.57 bits per heavy atom. The highest BCUT2D eigenvalue weighted by Gasteiger charge is 2.07. The van der Waals surface area contributed by atoms with E-state index in [0.717, 1.165) is 5.69 Å². The molecule has 21 heavy (non-hydrogen) atoms. The van der Waals surface area contributed by atoms with Crippen LogP contribution in [0.3, 0.4) is 0 Å². The minimum absolute atomic E-state index is 0.225. The van der Waals surface area contributed by atoms with Crippen LogP contribution >= 0.6 is 11.6 Å². The lowest BCUT2D eigenvalue weighted by molar-refractivity contribution is 0.102. The van der Waals surface area contributed by atoms with E-state index in [2.05, 4.69) is 15.4 Å². The maximum absolute atomic E-state index is 12.1. The van der Waals surface area contributed by atoms with Crippen molar-refractivity contribution in [1.82, 2.24) is 14.8 Å². The Kier molecular flexibility index (Phi) is 3.66. The van der Waals surface area contributed by atoms with Gasteiger partial charge in [-0.05, 0) is 42.5 Å². The number of rotatable bonds is 3. The summed E-state index contributed by atoms with van der Waals surface area (Å²) in [4.78, 5) is 16.1. The molecule has 3 rings (SSSR count). The predicted molar refractivity (Wildman–Crippen MR) is 80.8 cm³/mol. The Labute approximate surface area is 126 Å². The highest BCUT2D eigenvalue weighted by molar-refractivity contribution is 6.30. The van der Waals surface area contributed by atoms with Crippen molar-refractivity contribution >= 4 is 23.3 Å². The van der Waals surface area contributed by atoms with Gasteiger partial charge in [0.15, 0.2) is 0 Å². The molecule has 0 aliphatic heterocycles. The Hall–Kier alpha value is -2.66. The van der Waals surface area contributed by atoms with Gasteiger partial charge in [0.1, 0.15) is 5.82 Å².